The highest BCUT2D eigenvalue weighted by Gasteiger charge is 2.06. The molecule has 0 radical (unpaired) electrons. The zero-order valence-electron chi connectivity index (χ0n) is 13.6. The van der Waals surface area contributed by atoms with Crippen molar-refractivity contribution in [2.45, 2.75) is 26.8 Å². The third-order valence-corrected chi connectivity index (χ3v) is 3.31. The van der Waals surface area contributed by atoms with Crippen molar-refractivity contribution in [3.05, 3.63) is 41.6 Å². The molecule has 0 unspecified atom stereocenters. The largest absolute Gasteiger partial charge is 0.497 e. The van der Waals surface area contributed by atoms with Crippen molar-refractivity contribution in [2.75, 3.05) is 19.5 Å². The molecular weight excluding hydrogens is 278 g/mol. The van der Waals surface area contributed by atoms with Crippen molar-refractivity contribution in [3.8, 4) is 11.5 Å². The van der Waals surface area contributed by atoms with Gasteiger partial charge in [0.05, 0.1) is 20.4 Å². The smallest absolute Gasteiger partial charge is 0.149 e. The van der Waals surface area contributed by atoms with Crippen LogP contribution in [0.4, 0.5) is 5.82 Å². The number of nitrogens with one attached hydrogen (secondary N) is 1. The van der Waals surface area contributed by atoms with E-state index in [0.29, 0.717) is 12.5 Å². The molecule has 0 saturated carbocycles. The molecule has 0 amide bonds. The van der Waals surface area contributed by atoms with E-state index >= 15 is 0 Å². The molecule has 0 atom stereocenters. The average Bonchev–Trinajstić information content (AvgIpc) is 2.52. The second-order valence-electron chi connectivity index (χ2n) is 5.58. The van der Waals surface area contributed by atoms with Crippen LogP contribution >= 0.6 is 0 Å². The minimum absolute atomic E-state index is 0.596. The molecule has 5 nitrogen and oxygen atoms in total. The summed E-state index contributed by atoms with van der Waals surface area (Å²) in [5, 5.41) is 11.5. The van der Waals surface area contributed by atoms with Crippen LogP contribution in [0.2, 0.25) is 0 Å². The van der Waals surface area contributed by atoms with Crippen LogP contribution in [0.3, 0.4) is 0 Å². The maximum absolute atomic E-state index is 5.40. The van der Waals surface area contributed by atoms with E-state index in [1.807, 2.05) is 30.5 Å². The molecule has 0 bridgehead atoms. The van der Waals surface area contributed by atoms with Gasteiger partial charge in [0.2, 0.25) is 0 Å². The van der Waals surface area contributed by atoms with Gasteiger partial charge in [-0.3, -0.25) is 0 Å². The summed E-state index contributed by atoms with van der Waals surface area (Å²) in [6.45, 7) is 5.00. The molecule has 2 rings (SSSR count). The predicted molar refractivity (Wildman–Crippen MR) is 87.4 cm³/mol. The summed E-state index contributed by atoms with van der Waals surface area (Å²) in [5.41, 5.74) is 2.23. The lowest BCUT2D eigenvalue weighted by molar-refractivity contribution is 0.391. The molecule has 0 saturated heterocycles. The van der Waals surface area contributed by atoms with E-state index in [-0.39, 0.29) is 0 Å². The van der Waals surface area contributed by atoms with Gasteiger partial charge in [-0.1, -0.05) is 13.8 Å². The molecule has 2 aromatic rings. The third-order valence-electron chi connectivity index (χ3n) is 3.31. The van der Waals surface area contributed by atoms with Gasteiger partial charge in [0.25, 0.3) is 0 Å². The Morgan fingerprint density at radius 2 is 1.95 bits per heavy atom. The number of ether oxygens (including phenoxy) is 2. The van der Waals surface area contributed by atoms with Crippen molar-refractivity contribution in [1.82, 2.24) is 10.2 Å². The zero-order chi connectivity index (χ0) is 15.9. The summed E-state index contributed by atoms with van der Waals surface area (Å²) < 4.78 is 10.6. The second-order valence-corrected chi connectivity index (χ2v) is 5.58. The Labute approximate surface area is 131 Å². The number of hydrogen-bond acceptors (Lipinski definition) is 5. The first kappa shape index (κ1) is 16.1. The number of methoxy groups -OCH3 is 2. The second kappa shape index (κ2) is 7.64. The van der Waals surface area contributed by atoms with Crippen molar-refractivity contribution >= 4 is 5.82 Å². The summed E-state index contributed by atoms with van der Waals surface area (Å²) in [5.74, 6) is 2.94. The standard InChI is InChI=1S/C17H23N3O2/c1-12(2)7-13-8-17(20-19-10-13)18-11-14-5-6-15(21-3)9-16(14)22-4/h5-6,8-10,12H,7,11H2,1-4H3,(H,18,20). The minimum Gasteiger partial charge on any atom is -0.497 e. The van der Waals surface area contributed by atoms with Gasteiger partial charge >= 0.3 is 0 Å². The lowest BCUT2D eigenvalue weighted by Crippen LogP contribution is -2.05. The average molecular weight is 301 g/mol. The first-order valence-electron chi connectivity index (χ1n) is 7.38. The van der Waals surface area contributed by atoms with E-state index < -0.39 is 0 Å². The van der Waals surface area contributed by atoms with Crippen LogP contribution in [0.1, 0.15) is 25.0 Å². The maximum Gasteiger partial charge on any atom is 0.149 e. The number of anilines is 1. The van der Waals surface area contributed by atoms with E-state index in [0.717, 1.165) is 29.3 Å². The highest BCUT2D eigenvalue weighted by Crippen LogP contribution is 2.25. The third kappa shape index (κ3) is 4.35. The van der Waals surface area contributed by atoms with Crippen LogP contribution in [0, 0.1) is 5.92 Å². The Bertz CT molecular complexity index is 615. The summed E-state index contributed by atoms with van der Waals surface area (Å²) in [6.07, 6.45) is 2.81. The van der Waals surface area contributed by atoms with Gasteiger partial charge in [0.15, 0.2) is 0 Å². The summed E-state index contributed by atoms with van der Waals surface area (Å²) >= 11 is 0. The molecule has 0 aliphatic rings. The fourth-order valence-electron chi connectivity index (χ4n) is 2.26. The summed E-state index contributed by atoms with van der Waals surface area (Å²) in [6, 6.07) is 7.82. The van der Waals surface area contributed by atoms with Crippen molar-refractivity contribution < 1.29 is 9.47 Å². The normalized spacial score (nSPS) is 10.6. The SMILES string of the molecule is COc1ccc(CNc2cc(CC(C)C)cnn2)c(OC)c1. The summed E-state index contributed by atoms with van der Waals surface area (Å²) in [7, 11) is 3.30. The molecule has 1 aromatic heterocycles. The van der Waals surface area contributed by atoms with Crippen LogP contribution in [-0.2, 0) is 13.0 Å². The molecule has 0 aliphatic carbocycles. The van der Waals surface area contributed by atoms with Crippen LogP contribution in [0.25, 0.3) is 0 Å². The lowest BCUT2D eigenvalue weighted by atomic mass is 10.1. The zero-order valence-corrected chi connectivity index (χ0v) is 13.6. The molecule has 22 heavy (non-hydrogen) atoms. The van der Waals surface area contributed by atoms with Crippen LogP contribution < -0.4 is 14.8 Å². The number of rotatable bonds is 7. The maximum atomic E-state index is 5.40. The molecule has 1 aromatic carbocycles. The lowest BCUT2D eigenvalue weighted by Gasteiger charge is -2.12. The van der Waals surface area contributed by atoms with E-state index in [4.69, 9.17) is 9.47 Å². The van der Waals surface area contributed by atoms with E-state index in [9.17, 15) is 0 Å². The molecule has 0 aliphatic heterocycles. The Morgan fingerprint density at radius 3 is 2.64 bits per heavy atom. The molecule has 0 spiro atoms. The molecule has 1 N–H and O–H groups in total. The molecule has 118 valence electrons. The van der Waals surface area contributed by atoms with Gasteiger partial charge in [-0.2, -0.15) is 5.10 Å². The quantitative estimate of drug-likeness (QED) is 0.850. The van der Waals surface area contributed by atoms with Gasteiger partial charge in [0, 0.05) is 18.2 Å². The van der Waals surface area contributed by atoms with E-state index in [1.54, 1.807) is 14.2 Å². The number of nitrogens with zero attached hydrogens (tertiary/aromatic N) is 2. The molecule has 5 heteroatoms. The van der Waals surface area contributed by atoms with Crippen LogP contribution in [-0.4, -0.2) is 24.4 Å². The van der Waals surface area contributed by atoms with Gasteiger partial charge in [0.1, 0.15) is 17.3 Å². The Balaban J connectivity index is 2.06. The van der Waals surface area contributed by atoms with Gasteiger partial charge in [-0.05, 0) is 36.1 Å². The first-order chi connectivity index (χ1) is 10.6. The molecule has 1 heterocycles. The topological polar surface area (TPSA) is 56.3 Å². The highest BCUT2D eigenvalue weighted by molar-refractivity contribution is 5.44. The first-order valence-corrected chi connectivity index (χ1v) is 7.38. The van der Waals surface area contributed by atoms with Gasteiger partial charge < -0.3 is 14.8 Å². The van der Waals surface area contributed by atoms with Gasteiger partial charge in [-0.15, -0.1) is 5.10 Å². The van der Waals surface area contributed by atoms with Crippen LogP contribution in [0.5, 0.6) is 11.5 Å². The Hall–Kier alpha value is -2.30. The predicted octanol–water partition coefficient (Wildman–Crippen LogP) is 3.30. The molecule has 0 fully saturated rings. The summed E-state index contributed by atoms with van der Waals surface area (Å²) in [4.78, 5) is 0. The monoisotopic (exact) mass is 301 g/mol. The number of aromatic nitrogens is 2. The van der Waals surface area contributed by atoms with Crippen molar-refractivity contribution in [2.24, 2.45) is 5.92 Å². The van der Waals surface area contributed by atoms with E-state index in [1.165, 1.54) is 5.56 Å². The minimum atomic E-state index is 0.596. The van der Waals surface area contributed by atoms with Crippen molar-refractivity contribution in [3.63, 3.8) is 0 Å². The van der Waals surface area contributed by atoms with Gasteiger partial charge in [-0.25, -0.2) is 0 Å². The fraction of sp³-hybridized carbons (Fsp3) is 0.412. The Morgan fingerprint density at radius 1 is 1.14 bits per heavy atom. The number of benzene rings is 1. The number of hydrogen-bond donors (Lipinski definition) is 1. The Kier molecular flexibility index (Phi) is 5.58. The highest BCUT2D eigenvalue weighted by atomic mass is 16.5. The fourth-order valence-corrected chi connectivity index (χ4v) is 2.26. The van der Waals surface area contributed by atoms with Crippen molar-refractivity contribution in [1.29, 1.82) is 0 Å². The molecular formula is C17H23N3O2. The van der Waals surface area contributed by atoms with E-state index in [2.05, 4.69) is 29.4 Å². The van der Waals surface area contributed by atoms with Crippen LogP contribution in [0.15, 0.2) is 30.5 Å².